The SMILES string of the molecule is COC(=O)COc1ccccc1CNC(=O)c1cc(NC(=O)c2cc(F)c(F)cc2Cl)n[nH]1. The van der Waals surface area contributed by atoms with E-state index in [1.54, 1.807) is 24.3 Å². The van der Waals surface area contributed by atoms with E-state index in [0.29, 0.717) is 23.4 Å². The quantitative estimate of drug-likeness (QED) is 0.338. The number of carbonyl (C=O) groups excluding carboxylic acids is 3. The first kappa shape index (κ1) is 23.7. The van der Waals surface area contributed by atoms with Crippen molar-refractivity contribution in [2.45, 2.75) is 6.54 Å². The number of carbonyl (C=O) groups is 3. The predicted octanol–water partition coefficient (Wildman–Crippen LogP) is 3.08. The lowest BCUT2D eigenvalue weighted by atomic mass is 10.2. The van der Waals surface area contributed by atoms with Crippen LogP contribution in [0.15, 0.2) is 42.5 Å². The van der Waals surface area contributed by atoms with Crippen LogP contribution in [0.25, 0.3) is 0 Å². The van der Waals surface area contributed by atoms with Gasteiger partial charge in [-0.2, -0.15) is 5.10 Å². The number of benzene rings is 2. The number of hydrogen-bond donors (Lipinski definition) is 3. The van der Waals surface area contributed by atoms with E-state index in [0.717, 1.165) is 0 Å². The molecule has 3 rings (SSSR count). The molecular weight excluding hydrogens is 462 g/mol. The molecule has 0 fully saturated rings. The van der Waals surface area contributed by atoms with Gasteiger partial charge in [0.05, 0.1) is 17.7 Å². The molecule has 0 bridgehead atoms. The number of hydrogen-bond acceptors (Lipinski definition) is 6. The van der Waals surface area contributed by atoms with E-state index in [4.69, 9.17) is 16.3 Å². The molecule has 33 heavy (non-hydrogen) atoms. The van der Waals surface area contributed by atoms with E-state index < -0.39 is 29.4 Å². The lowest BCUT2D eigenvalue weighted by molar-refractivity contribution is -0.142. The average Bonchev–Trinajstić information content (AvgIpc) is 3.27. The Morgan fingerprint density at radius 1 is 1.09 bits per heavy atom. The molecule has 0 aliphatic carbocycles. The van der Waals surface area contributed by atoms with Crippen LogP contribution in [0.3, 0.4) is 0 Å². The van der Waals surface area contributed by atoms with Crippen molar-refractivity contribution < 1.29 is 32.6 Å². The number of rotatable bonds is 8. The lowest BCUT2D eigenvalue weighted by Gasteiger charge is -2.11. The average molecular weight is 479 g/mol. The number of H-pyrrole nitrogens is 1. The molecule has 0 spiro atoms. The van der Waals surface area contributed by atoms with Gasteiger partial charge in [0.1, 0.15) is 11.4 Å². The maximum Gasteiger partial charge on any atom is 0.343 e. The van der Waals surface area contributed by atoms with Gasteiger partial charge in [-0.1, -0.05) is 29.8 Å². The van der Waals surface area contributed by atoms with Crippen molar-refractivity contribution in [2.75, 3.05) is 19.0 Å². The van der Waals surface area contributed by atoms with Gasteiger partial charge in [-0.05, 0) is 18.2 Å². The predicted molar refractivity (Wildman–Crippen MR) is 113 cm³/mol. The zero-order valence-electron chi connectivity index (χ0n) is 17.1. The minimum atomic E-state index is -1.23. The van der Waals surface area contributed by atoms with Crippen molar-refractivity contribution in [2.24, 2.45) is 0 Å². The number of ether oxygens (including phenoxy) is 2. The second-order valence-electron chi connectivity index (χ2n) is 6.52. The highest BCUT2D eigenvalue weighted by molar-refractivity contribution is 6.34. The normalized spacial score (nSPS) is 10.4. The van der Waals surface area contributed by atoms with E-state index in [9.17, 15) is 23.2 Å². The lowest BCUT2D eigenvalue weighted by Crippen LogP contribution is -2.23. The maximum atomic E-state index is 13.4. The Bertz CT molecular complexity index is 1200. The van der Waals surface area contributed by atoms with Crippen LogP contribution in [-0.2, 0) is 16.1 Å². The molecule has 12 heteroatoms. The van der Waals surface area contributed by atoms with Gasteiger partial charge >= 0.3 is 5.97 Å². The standard InChI is InChI=1S/C21H17ClF2N4O5/c1-32-19(29)10-33-17-5-3-2-4-11(17)9-25-21(31)16-8-18(28-27-16)26-20(30)12-6-14(23)15(24)7-13(12)22/h2-8H,9-10H2,1H3,(H,25,31)(H2,26,27,28,30). The minimum absolute atomic E-state index is 0.0228. The van der Waals surface area contributed by atoms with Gasteiger partial charge in [-0.25, -0.2) is 13.6 Å². The third kappa shape index (κ3) is 6.04. The summed E-state index contributed by atoms with van der Waals surface area (Å²) in [6.45, 7) is -0.214. The van der Waals surface area contributed by atoms with Crippen LogP contribution in [0.1, 0.15) is 26.4 Å². The molecule has 3 N–H and O–H groups in total. The summed E-state index contributed by atoms with van der Waals surface area (Å²) in [5.41, 5.74) is 0.332. The van der Waals surface area contributed by atoms with Crippen LogP contribution in [0.2, 0.25) is 5.02 Å². The van der Waals surface area contributed by atoms with Gasteiger partial charge in [0, 0.05) is 18.2 Å². The first-order valence-corrected chi connectivity index (χ1v) is 9.73. The van der Waals surface area contributed by atoms with Crippen molar-refractivity contribution in [1.82, 2.24) is 15.5 Å². The number of aromatic amines is 1. The summed E-state index contributed by atoms with van der Waals surface area (Å²) >= 11 is 5.78. The molecule has 3 aromatic rings. The Kier molecular flexibility index (Phi) is 7.57. The second kappa shape index (κ2) is 10.6. The van der Waals surface area contributed by atoms with Crippen LogP contribution >= 0.6 is 11.6 Å². The number of anilines is 1. The third-order valence-electron chi connectivity index (χ3n) is 4.30. The van der Waals surface area contributed by atoms with Gasteiger partial charge in [-0.3, -0.25) is 14.7 Å². The first-order chi connectivity index (χ1) is 15.8. The topological polar surface area (TPSA) is 122 Å². The Labute approximate surface area is 191 Å². The number of aromatic nitrogens is 2. The van der Waals surface area contributed by atoms with E-state index in [2.05, 4.69) is 25.6 Å². The highest BCUT2D eigenvalue weighted by Gasteiger charge is 2.17. The van der Waals surface area contributed by atoms with Crippen LogP contribution < -0.4 is 15.4 Å². The summed E-state index contributed by atoms with van der Waals surface area (Å²) in [5, 5.41) is 11.0. The summed E-state index contributed by atoms with van der Waals surface area (Å²) in [6, 6.07) is 9.38. The van der Waals surface area contributed by atoms with Crippen LogP contribution in [0.5, 0.6) is 5.75 Å². The van der Waals surface area contributed by atoms with Gasteiger partial charge < -0.3 is 20.1 Å². The van der Waals surface area contributed by atoms with Crippen LogP contribution in [-0.4, -0.2) is 41.7 Å². The summed E-state index contributed by atoms with van der Waals surface area (Å²) in [7, 11) is 1.24. The molecule has 0 aliphatic rings. The van der Waals surface area contributed by atoms with Gasteiger partial charge in [-0.15, -0.1) is 0 Å². The molecule has 1 heterocycles. The maximum absolute atomic E-state index is 13.4. The van der Waals surface area contributed by atoms with E-state index in [-0.39, 0.29) is 35.2 Å². The second-order valence-corrected chi connectivity index (χ2v) is 6.93. The Morgan fingerprint density at radius 2 is 1.82 bits per heavy atom. The van der Waals surface area contributed by atoms with Gasteiger partial charge in [0.15, 0.2) is 24.1 Å². The summed E-state index contributed by atoms with van der Waals surface area (Å²) < 4.78 is 36.5. The van der Waals surface area contributed by atoms with Crippen molar-refractivity contribution in [1.29, 1.82) is 0 Å². The summed E-state index contributed by atoms with van der Waals surface area (Å²) in [6.07, 6.45) is 0. The highest BCUT2D eigenvalue weighted by atomic mass is 35.5. The molecule has 0 saturated heterocycles. The molecule has 2 amide bonds. The molecule has 0 unspecified atom stereocenters. The van der Waals surface area contributed by atoms with Crippen LogP contribution in [0.4, 0.5) is 14.6 Å². The fourth-order valence-electron chi connectivity index (χ4n) is 2.64. The molecule has 0 aliphatic heterocycles. The number of nitrogens with one attached hydrogen (secondary N) is 3. The molecule has 0 atom stereocenters. The van der Waals surface area contributed by atoms with Crippen molar-refractivity contribution in [3.05, 3.63) is 75.9 Å². The van der Waals surface area contributed by atoms with Gasteiger partial charge in [0.25, 0.3) is 11.8 Å². The van der Waals surface area contributed by atoms with E-state index >= 15 is 0 Å². The number of para-hydroxylation sites is 1. The zero-order valence-corrected chi connectivity index (χ0v) is 17.8. The molecule has 9 nitrogen and oxygen atoms in total. The Balaban J connectivity index is 1.61. The summed E-state index contributed by atoms with van der Waals surface area (Å²) in [5.74, 6) is -4.00. The number of methoxy groups -OCH3 is 1. The van der Waals surface area contributed by atoms with Crippen LogP contribution in [0, 0.1) is 11.6 Å². The number of nitrogens with zero attached hydrogens (tertiary/aromatic N) is 1. The van der Waals surface area contributed by atoms with Gasteiger partial charge in [0.2, 0.25) is 0 Å². The largest absolute Gasteiger partial charge is 0.482 e. The Hall–Kier alpha value is -3.99. The highest BCUT2D eigenvalue weighted by Crippen LogP contribution is 2.21. The molecule has 0 saturated carbocycles. The van der Waals surface area contributed by atoms with Crippen molar-refractivity contribution in [3.63, 3.8) is 0 Å². The third-order valence-corrected chi connectivity index (χ3v) is 4.62. The molecule has 0 radical (unpaired) electrons. The van der Waals surface area contributed by atoms with E-state index in [1.807, 2.05) is 0 Å². The zero-order chi connectivity index (χ0) is 24.0. The number of esters is 1. The Morgan fingerprint density at radius 3 is 2.58 bits per heavy atom. The fraction of sp³-hybridized carbons (Fsp3) is 0.143. The number of amides is 2. The fourth-order valence-corrected chi connectivity index (χ4v) is 2.88. The van der Waals surface area contributed by atoms with Crippen molar-refractivity contribution in [3.8, 4) is 5.75 Å². The monoisotopic (exact) mass is 478 g/mol. The number of halogens is 3. The molecule has 2 aromatic carbocycles. The summed E-state index contributed by atoms with van der Waals surface area (Å²) in [4.78, 5) is 36.0. The molecular formula is C21H17ClF2N4O5. The minimum Gasteiger partial charge on any atom is -0.482 e. The van der Waals surface area contributed by atoms with E-state index in [1.165, 1.54) is 13.2 Å². The first-order valence-electron chi connectivity index (χ1n) is 9.35. The molecule has 172 valence electrons. The smallest absolute Gasteiger partial charge is 0.343 e. The molecule has 1 aromatic heterocycles. The van der Waals surface area contributed by atoms with Crippen molar-refractivity contribution >= 4 is 35.2 Å².